The van der Waals surface area contributed by atoms with E-state index in [0.29, 0.717) is 6.04 Å². The third-order valence-electron chi connectivity index (χ3n) is 3.98. The van der Waals surface area contributed by atoms with Gasteiger partial charge in [0.25, 0.3) is 0 Å². The zero-order valence-corrected chi connectivity index (χ0v) is 12.1. The lowest BCUT2D eigenvalue weighted by Crippen LogP contribution is -2.31. The minimum Gasteiger partial charge on any atom is -0.309 e. The van der Waals surface area contributed by atoms with Gasteiger partial charge in [0, 0.05) is 19.1 Å². The van der Waals surface area contributed by atoms with Gasteiger partial charge >= 0.3 is 0 Å². The maximum atomic E-state index is 13.3. The molecule has 0 saturated carbocycles. The number of halogens is 1. The van der Waals surface area contributed by atoms with Crippen molar-refractivity contribution in [2.24, 2.45) is 0 Å². The Hall–Kier alpha value is -1.71. The van der Waals surface area contributed by atoms with Gasteiger partial charge in [-0.1, -0.05) is 42.5 Å². The van der Waals surface area contributed by atoms with Crippen molar-refractivity contribution in [2.45, 2.75) is 19.0 Å². The number of hydrogen-bond donors (Lipinski definition) is 1. The van der Waals surface area contributed by atoms with Crippen molar-refractivity contribution in [3.05, 3.63) is 71.5 Å². The SMILES string of the molecule is Fc1cccc(CN2CCCNC(c3ccccc3)C2)c1. The molecule has 0 radical (unpaired) electrons. The van der Waals surface area contributed by atoms with Gasteiger partial charge < -0.3 is 5.32 Å². The van der Waals surface area contributed by atoms with Crippen LogP contribution in [0.3, 0.4) is 0 Å². The molecule has 110 valence electrons. The largest absolute Gasteiger partial charge is 0.309 e. The van der Waals surface area contributed by atoms with Crippen molar-refractivity contribution >= 4 is 0 Å². The van der Waals surface area contributed by atoms with Gasteiger partial charge in [0.2, 0.25) is 0 Å². The van der Waals surface area contributed by atoms with Gasteiger partial charge in [0.15, 0.2) is 0 Å². The number of rotatable bonds is 3. The second-order valence-electron chi connectivity index (χ2n) is 5.64. The van der Waals surface area contributed by atoms with E-state index < -0.39 is 0 Å². The molecule has 1 saturated heterocycles. The van der Waals surface area contributed by atoms with E-state index >= 15 is 0 Å². The predicted octanol–water partition coefficient (Wildman–Crippen LogP) is 3.36. The minimum absolute atomic E-state index is 0.153. The molecular formula is C18H21FN2. The Labute approximate surface area is 125 Å². The second-order valence-corrected chi connectivity index (χ2v) is 5.64. The Morgan fingerprint density at radius 1 is 1.10 bits per heavy atom. The van der Waals surface area contributed by atoms with E-state index in [1.165, 1.54) is 11.6 Å². The smallest absolute Gasteiger partial charge is 0.123 e. The topological polar surface area (TPSA) is 15.3 Å². The standard InChI is InChI=1S/C18H21FN2/c19-17-9-4-6-15(12-17)13-21-11-5-10-20-18(14-21)16-7-2-1-3-8-16/h1-4,6-9,12,18,20H,5,10-11,13-14H2. The van der Waals surface area contributed by atoms with Crippen molar-refractivity contribution in [3.63, 3.8) is 0 Å². The molecule has 2 aromatic rings. The van der Waals surface area contributed by atoms with Crippen LogP contribution in [0.25, 0.3) is 0 Å². The number of benzene rings is 2. The highest BCUT2D eigenvalue weighted by Crippen LogP contribution is 2.18. The Bertz CT molecular complexity index is 570. The van der Waals surface area contributed by atoms with Crippen molar-refractivity contribution in [2.75, 3.05) is 19.6 Å². The summed E-state index contributed by atoms with van der Waals surface area (Å²) in [6.07, 6.45) is 1.12. The summed E-state index contributed by atoms with van der Waals surface area (Å²) in [5.41, 5.74) is 2.37. The molecule has 1 fully saturated rings. The molecule has 1 N–H and O–H groups in total. The summed E-state index contributed by atoms with van der Waals surface area (Å²) < 4.78 is 13.3. The molecule has 1 aliphatic rings. The Morgan fingerprint density at radius 2 is 1.95 bits per heavy atom. The Morgan fingerprint density at radius 3 is 2.76 bits per heavy atom. The zero-order chi connectivity index (χ0) is 14.5. The highest BCUT2D eigenvalue weighted by molar-refractivity contribution is 5.20. The maximum Gasteiger partial charge on any atom is 0.123 e. The van der Waals surface area contributed by atoms with Gasteiger partial charge in [-0.3, -0.25) is 4.90 Å². The number of nitrogens with one attached hydrogen (secondary N) is 1. The highest BCUT2D eigenvalue weighted by Gasteiger charge is 2.19. The van der Waals surface area contributed by atoms with Gasteiger partial charge in [-0.15, -0.1) is 0 Å². The Balaban J connectivity index is 1.70. The second kappa shape index (κ2) is 6.83. The van der Waals surface area contributed by atoms with Gasteiger partial charge in [-0.05, 0) is 42.8 Å². The van der Waals surface area contributed by atoms with E-state index in [-0.39, 0.29) is 5.82 Å². The molecule has 0 aromatic heterocycles. The first kappa shape index (κ1) is 14.2. The first-order valence-electron chi connectivity index (χ1n) is 7.56. The van der Waals surface area contributed by atoms with E-state index in [0.717, 1.165) is 38.2 Å². The van der Waals surface area contributed by atoms with Crippen LogP contribution >= 0.6 is 0 Å². The van der Waals surface area contributed by atoms with E-state index in [1.807, 2.05) is 12.1 Å². The summed E-state index contributed by atoms with van der Waals surface area (Å²) in [5, 5.41) is 3.61. The van der Waals surface area contributed by atoms with Crippen LogP contribution in [0.15, 0.2) is 54.6 Å². The lowest BCUT2D eigenvalue weighted by atomic mass is 10.1. The fraction of sp³-hybridized carbons (Fsp3) is 0.333. The molecule has 0 spiro atoms. The number of nitrogens with zero attached hydrogens (tertiary/aromatic N) is 1. The molecule has 1 aliphatic heterocycles. The van der Waals surface area contributed by atoms with Gasteiger partial charge in [-0.25, -0.2) is 4.39 Å². The highest BCUT2D eigenvalue weighted by atomic mass is 19.1. The van der Waals surface area contributed by atoms with Gasteiger partial charge in [-0.2, -0.15) is 0 Å². The van der Waals surface area contributed by atoms with Crippen LogP contribution < -0.4 is 5.32 Å². The zero-order valence-electron chi connectivity index (χ0n) is 12.1. The van der Waals surface area contributed by atoms with Crippen LogP contribution in [-0.2, 0) is 6.54 Å². The average Bonchev–Trinajstić information content (AvgIpc) is 2.74. The predicted molar refractivity (Wildman–Crippen MR) is 83.5 cm³/mol. The molecule has 1 unspecified atom stereocenters. The molecule has 3 rings (SSSR count). The molecule has 1 atom stereocenters. The fourth-order valence-electron chi connectivity index (χ4n) is 2.94. The molecule has 2 aromatic carbocycles. The summed E-state index contributed by atoms with van der Waals surface area (Å²) >= 11 is 0. The van der Waals surface area contributed by atoms with Crippen molar-refractivity contribution in [1.82, 2.24) is 10.2 Å². The fourth-order valence-corrected chi connectivity index (χ4v) is 2.94. The summed E-state index contributed by atoms with van der Waals surface area (Å²) in [7, 11) is 0. The molecule has 0 amide bonds. The molecule has 0 bridgehead atoms. The minimum atomic E-state index is -0.153. The lowest BCUT2D eigenvalue weighted by molar-refractivity contribution is 0.260. The van der Waals surface area contributed by atoms with Crippen molar-refractivity contribution < 1.29 is 4.39 Å². The summed E-state index contributed by atoms with van der Waals surface area (Å²) in [5.74, 6) is -0.153. The maximum absolute atomic E-state index is 13.3. The molecule has 21 heavy (non-hydrogen) atoms. The monoisotopic (exact) mass is 284 g/mol. The van der Waals surface area contributed by atoms with Crippen LogP contribution in [0.1, 0.15) is 23.6 Å². The molecular weight excluding hydrogens is 263 g/mol. The van der Waals surface area contributed by atoms with Crippen LogP contribution in [-0.4, -0.2) is 24.5 Å². The number of hydrogen-bond acceptors (Lipinski definition) is 2. The van der Waals surface area contributed by atoms with Crippen LogP contribution in [0.4, 0.5) is 4.39 Å². The first-order valence-corrected chi connectivity index (χ1v) is 7.56. The van der Waals surface area contributed by atoms with Gasteiger partial charge in [0.1, 0.15) is 5.82 Å². The lowest BCUT2D eigenvalue weighted by Gasteiger charge is -2.24. The quantitative estimate of drug-likeness (QED) is 0.929. The van der Waals surface area contributed by atoms with Crippen LogP contribution in [0, 0.1) is 5.82 Å². The van der Waals surface area contributed by atoms with Crippen LogP contribution in [0.5, 0.6) is 0 Å². The normalized spacial score (nSPS) is 20.1. The van der Waals surface area contributed by atoms with E-state index in [4.69, 9.17) is 0 Å². The summed E-state index contributed by atoms with van der Waals surface area (Å²) in [6, 6.07) is 17.8. The van der Waals surface area contributed by atoms with E-state index in [2.05, 4.69) is 34.5 Å². The summed E-state index contributed by atoms with van der Waals surface area (Å²) in [6.45, 7) is 3.84. The molecule has 2 nitrogen and oxygen atoms in total. The van der Waals surface area contributed by atoms with Crippen molar-refractivity contribution in [1.29, 1.82) is 0 Å². The molecule has 3 heteroatoms. The third kappa shape index (κ3) is 3.90. The molecule has 0 aliphatic carbocycles. The van der Waals surface area contributed by atoms with Gasteiger partial charge in [0.05, 0.1) is 0 Å². The first-order chi connectivity index (χ1) is 10.3. The Kier molecular flexibility index (Phi) is 4.63. The average molecular weight is 284 g/mol. The van der Waals surface area contributed by atoms with Crippen molar-refractivity contribution in [3.8, 4) is 0 Å². The van der Waals surface area contributed by atoms with Crippen LogP contribution in [0.2, 0.25) is 0 Å². The third-order valence-corrected chi connectivity index (χ3v) is 3.98. The van der Waals surface area contributed by atoms with E-state index in [9.17, 15) is 4.39 Å². The summed E-state index contributed by atoms with van der Waals surface area (Å²) in [4.78, 5) is 2.41. The van der Waals surface area contributed by atoms with E-state index in [1.54, 1.807) is 12.1 Å². The molecule has 1 heterocycles.